The molecule has 4 nitrogen and oxygen atoms in total. The molecule has 4 heteroatoms. The van der Waals surface area contributed by atoms with Gasteiger partial charge in [0.05, 0.1) is 18.9 Å². The van der Waals surface area contributed by atoms with Crippen molar-refractivity contribution < 1.29 is 9.53 Å². The molecular weight excluding hydrogens is 252 g/mol. The number of carbonyl (C=O) groups excluding carboxylic acids is 1. The van der Waals surface area contributed by atoms with Crippen molar-refractivity contribution in [1.29, 1.82) is 0 Å². The number of ether oxygens (including phenoxy) is 1. The molecule has 3 rings (SSSR count). The Morgan fingerprint density at radius 3 is 2.70 bits per heavy atom. The minimum atomic E-state index is 0.0927. The van der Waals surface area contributed by atoms with Gasteiger partial charge in [-0.1, -0.05) is 12.1 Å². The molecule has 0 fully saturated rings. The molecule has 2 aromatic rings. The number of aromatic nitrogens is 2. The molecule has 0 unspecified atom stereocenters. The number of fused-ring (bicyclic) bond motifs is 1. The maximum Gasteiger partial charge on any atom is 0.192 e. The summed E-state index contributed by atoms with van der Waals surface area (Å²) in [6, 6.07) is 7.71. The predicted molar refractivity (Wildman–Crippen MR) is 76.8 cm³/mol. The van der Waals surface area contributed by atoms with Crippen molar-refractivity contribution in [3.63, 3.8) is 0 Å². The van der Waals surface area contributed by atoms with E-state index < -0.39 is 0 Å². The van der Waals surface area contributed by atoms with E-state index in [2.05, 4.69) is 5.10 Å². The number of hydrogen-bond acceptors (Lipinski definition) is 3. The molecule has 0 atom stereocenters. The average Bonchev–Trinajstić information content (AvgIpc) is 2.85. The van der Waals surface area contributed by atoms with Crippen LogP contribution in [-0.2, 0) is 13.5 Å². The predicted octanol–water partition coefficient (Wildman–Crippen LogP) is 2.64. The molecule has 0 saturated carbocycles. The molecule has 0 amide bonds. The summed E-state index contributed by atoms with van der Waals surface area (Å²) in [7, 11) is 3.52. The lowest BCUT2D eigenvalue weighted by Crippen LogP contribution is -2.14. The normalized spacial score (nSPS) is 16.3. The van der Waals surface area contributed by atoms with Crippen LogP contribution in [0.3, 0.4) is 0 Å². The van der Waals surface area contributed by atoms with Gasteiger partial charge in [-0.25, -0.2) is 0 Å². The van der Waals surface area contributed by atoms with Crippen LogP contribution in [0, 0.1) is 0 Å². The highest BCUT2D eigenvalue weighted by Crippen LogP contribution is 2.26. The number of Topliss-reactive ketones (excluding diaryl/α,β-unsaturated/α-hetero) is 1. The topological polar surface area (TPSA) is 44.1 Å². The largest absolute Gasteiger partial charge is 0.497 e. The Bertz CT molecular complexity index is 681. The van der Waals surface area contributed by atoms with E-state index in [0.29, 0.717) is 0 Å². The van der Waals surface area contributed by atoms with Gasteiger partial charge in [0.1, 0.15) is 5.75 Å². The van der Waals surface area contributed by atoms with Crippen LogP contribution in [0.25, 0.3) is 6.08 Å². The monoisotopic (exact) mass is 268 g/mol. The molecule has 0 aliphatic heterocycles. The first-order valence-electron chi connectivity index (χ1n) is 6.59. The number of hydrogen-bond donors (Lipinski definition) is 0. The summed E-state index contributed by atoms with van der Waals surface area (Å²) in [5.74, 6) is 0.909. The minimum absolute atomic E-state index is 0.0927. The number of rotatable bonds is 2. The van der Waals surface area contributed by atoms with Crippen molar-refractivity contribution in [3.8, 4) is 5.75 Å². The van der Waals surface area contributed by atoms with Gasteiger partial charge in [-0.15, -0.1) is 0 Å². The Kier molecular flexibility index (Phi) is 3.14. The van der Waals surface area contributed by atoms with Crippen LogP contribution < -0.4 is 4.74 Å². The third-order valence-electron chi connectivity index (χ3n) is 3.69. The van der Waals surface area contributed by atoms with Gasteiger partial charge in [-0.3, -0.25) is 9.48 Å². The van der Waals surface area contributed by atoms with E-state index in [0.717, 1.165) is 41.0 Å². The number of benzene rings is 1. The zero-order valence-corrected chi connectivity index (χ0v) is 11.6. The summed E-state index contributed by atoms with van der Waals surface area (Å²) >= 11 is 0. The summed E-state index contributed by atoms with van der Waals surface area (Å²) in [5, 5.41) is 4.16. The number of carbonyl (C=O) groups is 1. The second-order valence-electron chi connectivity index (χ2n) is 4.90. The van der Waals surface area contributed by atoms with Gasteiger partial charge >= 0.3 is 0 Å². The van der Waals surface area contributed by atoms with Crippen LogP contribution in [0.2, 0.25) is 0 Å². The van der Waals surface area contributed by atoms with Gasteiger partial charge in [-0.05, 0) is 36.6 Å². The number of ketones is 1. The molecule has 1 aromatic heterocycles. The second-order valence-corrected chi connectivity index (χ2v) is 4.90. The summed E-state index contributed by atoms with van der Waals surface area (Å²) in [6.45, 7) is 0. The van der Waals surface area contributed by atoms with Gasteiger partial charge < -0.3 is 4.74 Å². The van der Waals surface area contributed by atoms with Crippen molar-refractivity contribution in [3.05, 3.63) is 52.9 Å². The van der Waals surface area contributed by atoms with Crippen molar-refractivity contribution in [2.75, 3.05) is 7.11 Å². The highest BCUT2D eigenvalue weighted by Gasteiger charge is 2.24. The van der Waals surface area contributed by atoms with E-state index >= 15 is 0 Å². The Labute approximate surface area is 117 Å². The quantitative estimate of drug-likeness (QED) is 0.786. The van der Waals surface area contributed by atoms with E-state index in [9.17, 15) is 4.79 Å². The van der Waals surface area contributed by atoms with E-state index in [-0.39, 0.29) is 5.78 Å². The molecule has 20 heavy (non-hydrogen) atoms. The van der Waals surface area contributed by atoms with Crippen LogP contribution >= 0.6 is 0 Å². The lowest BCUT2D eigenvalue weighted by atomic mass is 9.90. The first kappa shape index (κ1) is 12.7. The van der Waals surface area contributed by atoms with Gasteiger partial charge in [0, 0.05) is 18.3 Å². The molecular formula is C16H16N2O2. The van der Waals surface area contributed by atoms with Crippen molar-refractivity contribution in [2.24, 2.45) is 7.05 Å². The third-order valence-corrected chi connectivity index (χ3v) is 3.69. The fourth-order valence-corrected chi connectivity index (χ4v) is 2.53. The maximum absolute atomic E-state index is 12.4. The molecule has 1 aromatic carbocycles. The molecule has 0 saturated heterocycles. The first-order chi connectivity index (χ1) is 9.69. The van der Waals surface area contributed by atoms with E-state index in [4.69, 9.17) is 4.74 Å². The fourth-order valence-electron chi connectivity index (χ4n) is 2.53. The van der Waals surface area contributed by atoms with Crippen LogP contribution in [0.1, 0.15) is 28.0 Å². The Hall–Kier alpha value is -2.36. The lowest BCUT2D eigenvalue weighted by Gasteiger charge is -2.14. The second kappa shape index (κ2) is 4.96. The highest BCUT2D eigenvalue weighted by atomic mass is 16.5. The molecule has 0 radical (unpaired) electrons. The molecule has 1 aliphatic rings. The number of allylic oxidation sites excluding steroid dienone is 1. The number of methoxy groups -OCH3 is 1. The molecule has 1 heterocycles. The van der Waals surface area contributed by atoms with Crippen LogP contribution in [-0.4, -0.2) is 22.7 Å². The first-order valence-corrected chi connectivity index (χ1v) is 6.59. The highest BCUT2D eigenvalue weighted by molar-refractivity contribution is 6.12. The Morgan fingerprint density at radius 2 is 2.00 bits per heavy atom. The van der Waals surface area contributed by atoms with Gasteiger partial charge in [-0.2, -0.15) is 5.10 Å². The maximum atomic E-state index is 12.4. The van der Waals surface area contributed by atoms with Crippen molar-refractivity contribution in [2.45, 2.75) is 12.8 Å². The average molecular weight is 268 g/mol. The smallest absolute Gasteiger partial charge is 0.192 e. The molecule has 0 N–H and O–H groups in total. The van der Waals surface area contributed by atoms with Gasteiger partial charge in [0.2, 0.25) is 0 Å². The van der Waals surface area contributed by atoms with E-state index in [1.807, 2.05) is 37.4 Å². The number of aryl methyl sites for hydroxylation is 1. The van der Waals surface area contributed by atoms with E-state index in [1.165, 1.54) is 0 Å². The zero-order chi connectivity index (χ0) is 14.1. The molecule has 0 bridgehead atoms. The van der Waals surface area contributed by atoms with Crippen LogP contribution in [0.5, 0.6) is 5.75 Å². The zero-order valence-electron chi connectivity index (χ0n) is 11.6. The molecule has 102 valence electrons. The third kappa shape index (κ3) is 2.13. The standard InChI is InChI=1S/C16H16N2O2/c1-18-15-8-5-12(16(19)14(15)10-17-18)9-11-3-6-13(20-2)7-4-11/h3-4,6-7,9-10H,5,8H2,1-2H3/b12-9+. The van der Waals surface area contributed by atoms with Crippen molar-refractivity contribution in [1.82, 2.24) is 9.78 Å². The molecule has 1 aliphatic carbocycles. The fraction of sp³-hybridized carbons (Fsp3) is 0.250. The van der Waals surface area contributed by atoms with Crippen LogP contribution in [0.4, 0.5) is 0 Å². The van der Waals surface area contributed by atoms with Crippen LogP contribution in [0.15, 0.2) is 36.0 Å². The SMILES string of the molecule is COc1ccc(/C=C2\CCc3c(cnn3C)C2=O)cc1. The Morgan fingerprint density at radius 1 is 1.25 bits per heavy atom. The number of nitrogens with zero attached hydrogens (tertiary/aromatic N) is 2. The summed E-state index contributed by atoms with van der Waals surface area (Å²) in [4.78, 5) is 12.4. The lowest BCUT2D eigenvalue weighted by molar-refractivity contribution is 0.102. The minimum Gasteiger partial charge on any atom is -0.497 e. The van der Waals surface area contributed by atoms with Crippen molar-refractivity contribution >= 4 is 11.9 Å². The summed E-state index contributed by atoms with van der Waals surface area (Å²) in [6.07, 6.45) is 5.24. The van der Waals surface area contributed by atoms with Gasteiger partial charge in [0.15, 0.2) is 5.78 Å². The summed E-state index contributed by atoms with van der Waals surface area (Å²) in [5.41, 5.74) is 3.62. The summed E-state index contributed by atoms with van der Waals surface area (Å²) < 4.78 is 6.92. The van der Waals surface area contributed by atoms with E-state index in [1.54, 1.807) is 18.0 Å². The molecule has 0 spiro atoms. The Balaban J connectivity index is 1.91. The van der Waals surface area contributed by atoms with Gasteiger partial charge in [0.25, 0.3) is 0 Å².